The molecule has 102 valence electrons. The third-order valence-electron chi connectivity index (χ3n) is 3.31. The van der Waals surface area contributed by atoms with E-state index in [-0.39, 0.29) is 5.82 Å². The molecule has 1 heterocycles. The number of nitrogens with two attached hydrogens (primary N) is 1. The minimum atomic E-state index is -0.270. The third-order valence-corrected chi connectivity index (χ3v) is 3.56. The highest BCUT2D eigenvalue weighted by atomic mass is 35.5. The predicted octanol–water partition coefficient (Wildman–Crippen LogP) is 3.77. The smallest absolute Gasteiger partial charge is 0.201 e. The lowest BCUT2D eigenvalue weighted by molar-refractivity contribution is 0.620. The number of hydrogen-bond acceptors (Lipinski definition) is 2. The fraction of sp³-hybridized carbons (Fsp3) is 0.133. The fourth-order valence-corrected chi connectivity index (χ4v) is 2.33. The van der Waals surface area contributed by atoms with Crippen LogP contribution in [0.15, 0.2) is 36.4 Å². The molecule has 0 fully saturated rings. The number of fused-ring (bicyclic) bond motifs is 1. The van der Waals surface area contributed by atoms with Gasteiger partial charge in [-0.05, 0) is 36.2 Å². The van der Waals surface area contributed by atoms with Gasteiger partial charge in [-0.1, -0.05) is 23.7 Å². The molecule has 0 aliphatic rings. The molecule has 0 saturated heterocycles. The van der Waals surface area contributed by atoms with E-state index in [1.165, 1.54) is 6.07 Å². The first kappa shape index (κ1) is 12.9. The van der Waals surface area contributed by atoms with Gasteiger partial charge in [-0.25, -0.2) is 9.37 Å². The third kappa shape index (κ3) is 2.23. The second-order valence-corrected chi connectivity index (χ2v) is 5.21. The van der Waals surface area contributed by atoms with Crippen LogP contribution in [0.1, 0.15) is 11.1 Å². The molecule has 0 bridgehead atoms. The molecule has 3 aromatic rings. The van der Waals surface area contributed by atoms with Crippen molar-refractivity contribution in [3.05, 3.63) is 58.4 Å². The van der Waals surface area contributed by atoms with Gasteiger partial charge in [0.05, 0.1) is 17.6 Å². The summed E-state index contributed by atoms with van der Waals surface area (Å²) in [6.45, 7) is 2.30. The lowest BCUT2D eigenvalue weighted by atomic mass is 10.2. The van der Waals surface area contributed by atoms with Crippen LogP contribution in [0.25, 0.3) is 11.0 Å². The lowest BCUT2D eigenvalue weighted by Gasteiger charge is -2.07. The van der Waals surface area contributed by atoms with E-state index in [0.717, 1.165) is 11.1 Å². The molecule has 5 heteroatoms. The maximum atomic E-state index is 13.6. The van der Waals surface area contributed by atoms with E-state index in [1.807, 2.05) is 28.8 Å². The Morgan fingerprint density at radius 1 is 1.25 bits per heavy atom. The molecule has 0 aliphatic carbocycles. The van der Waals surface area contributed by atoms with Crippen molar-refractivity contribution in [2.75, 3.05) is 5.73 Å². The molecule has 0 amide bonds. The minimum absolute atomic E-state index is 0.270. The van der Waals surface area contributed by atoms with Gasteiger partial charge < -0.3 is 10.3 Å². The highest BCUT2D eigenvalue weighted by molar-refractivity contribution is 6.30. The van der Waals surface area contributed by atoms with E-state index in [2.05, 4.69) is 4.98 Å². The average molecular weight is 290 g/mol. The molecule has 2 N–H and O–H groups in total. The van der Waals surface area contributed by atoms with E-state index in [9.17, 15) is 4.39 Å². The average Bonchev–Trinajstić information content (AvgIpc) is 2.69. The summed E-state index contributed by atoms with van der Waals surface area (Å²) in [7, 11) is 0. The van der Waals surface area contributed by atoms with Gasteiger partial charge in [0.1, 0.15) is 5.82 Å². The van der Waals surface area contributed by atoms with Gasteiger partial charge in [0.25, 0.3) is 0 Å². The van der Waals surface area contributed by atoms with Crippen LogP contribution in [0.3, 0.4) is 0 Å². The Hall–Kier alpha value is -2.07. The number of aromatic nitrogens is 2. The number of hydrogen-bond donors (Lipinski definition) is 1. The normalized spacial score (nSPS) is 11.2. The van der Waals surface area contributed by atoms with Gasteiger partial charge in [-0.3, -0.25) is 0 Å². The Kier molecular flexibility index (Phi) is 3.10. The molecule has 2 aromatic carbocycles. The SMILES string of the molecule is Cc1cc2c(cc1F)nc(N)n2Cc1ccc(Cl)cc1. The number of nitrogen functional groups attached to an aromatic ring is 1. The van der Waals surface area contributed by atoms with Crippen LogP contribution in [0, 0.1) is 12.7 Å². The maximum absolute atomic E-state index is 13.6. The highest BCUT2D eigenvalue weighted by Crippen LogP contribution is 2.23. The molecular formula is C15H13ClFN3. The van der Waals surface area contributed by atoms with E-state index in [0.29, 0.717) is 28.6 Å². The van der Waals surface area contributed by atoms with Crippen LogP contribution in [0.5, 0.6) is 0 Å². The second kappa shape index (κ2) is 4.80. The van der Waals surface area contributed by atoms with Crippen LogP contribution in [0.4, 0.5) is 10.3 Å². The molecule has 0 unspecified atom stereocenters. The molecule has 0 aliphatic heterocycles. The maximum Gasteiger partial charge on any atom is 0.201 e. The zero-order valence-corrected chi connectivity index (χ0v) is 11.7. The van der Waals surface area contributed by atoms with Gasteiger partial charge in [0, 0.05) is 11.1 Å². The van der Waals surface area contributed by atoms with Crippen molar-refractivity contribution >= 4 is 28.6 Å². The molecule has 20 heavy (non-hydrogen) atoms. The van der Waals surface area contributed by atoms with Crippen LogP contribution in [-0.2, 0) is 6.54 Å². The number of rotatable bonds is 2. The van der Waals surface area contributed by atoms with Crippen LogP contribution < -0.4 is 5.73 Å². The summed E-state index contributed by atoms with van der Waals surface area (Å²) in [5.41, 5.74) is 8.97. The van der Waals surface area contributed by atoms with Crippen LogP contribution in [-0.4, -0.2) is 9.55 Å². The Morgan fingerprint density at radius 3 is 2.65 bits per heavy atom. The van der Waals surface area contributed by atoms with Crippen molar-refractivity contribution in [3.8, 4) is 0 Å². The first-order chi connectivity index (χ1) is 9.54. The monoisotopic (exact) mass is 289 g/mol. The molecule has 3 nitrogen and oxygen atoms in total. The number of halogens is 2. The number of nitrogens with zero attached hydrogens (tertiary/aromatic N) is 2. The van der Waals surface area contributed by atoms with Crippen molar-refractivity contribution in [1.82, 2.24) is 9.55 Å². The quantitative estimate of drug-likeness (QED) is 0.780. The number of imidazole rings is 1. The van der Waals surface area contributed by atoms with Gasteiger partial charge >= 0.3 is 0 Å². The Balaban J connectivity index is 2.08. The molecule has 1 aromatic heterocycles. The number of anilines is 1. The Labute approximate surface area is 120 Å². The largest absolute Gasteiger partial charge is 0.369 e. The summed E-state index contributed by atoms with van der Waals surface area (Å²) in [5, 5.41) is 0.690. The van der Waals surface area contributed by atoms with Crippen LogP contribution >= 0.6 is 11.6 Å². The van der Waals surface area contributed by atoms with Crippen LogP contribution in [0.2, 0.25) is 5.02 Å². The summed E-state index contributed by atoms with van der Waals surface area (Å²) in [6.07, 6.45) is 0. The molecule has 0 spiro atoms. The first-order valence-electron chi connectivity index (χ1n) is 6.21. The van der Waals surface area contributed by atoms with E-state index in [1.54, 1.807) is 13.0 Å². The Morgan fingerprint density at radius 2 is 1.95 bits per heavy atom. The standard InChI is InChI=1S/C15H13ClFN3/c1-9-6-14-13(7-12(9)17)19-15(18)20(14)8-10-2-4-11(16)5-3-10/h2-7H,8H2,1H3,(H2,18,19). The summed E-state index contributed by atoms with van der Waals surface area (Å²) in [6, 6.07) is 10.7. The second-order valence-electron chi connectivity index (χ2n) is 4.77. The number of benzene rings is 2. The van der Waals surface area contributed by atoms with Crippen molar-refractivity contribution in [2.24, 2.45) is 0 Å². The Bertz CT molecular complexity index is 778. The first-order valence-corrected chi connectivity index (χ1v) is 6.58. The molecule has 0 atom stereocenters. The predicted molar refractivity (Wildman–Crippen MR) is 79.4 cm³/mol. The zero-order valence-electron chi connectivity index (χ0n) is 10.9. The van der Waals surface area contributed by atoms with E-state index in [4.69, 9.17) is 17.3 Å². The highest BCUT2D eigenvalue weighted by Gasteiger charge is 2.11. The van der Waals surface area contributed by atoms with Crippen molar-refractivity contribution in [3.63, 3.8) is 0 Å². The van der Waals surface area contributed by atoms with Gasteiger partial charge in [0.15, 0.2) is 0 Å². The van der Waals surface area contributed by atoms with Crippen molar-refractivity contribution in [2.45, 2.75) is 13.5 Å². The zero-order chi connectivity index (χ0) is 14.3. The fourth-order valence-electron chi connectivity index (χ4n) is 2.21. The van der Waals surface area contributed by atoms with Crippen molar-refractivity contribution in [1.29, 1.82) is 0 Å². The molecular weight excluding hydrogens is 277 g/mol. The summed E-state index contributed by atoms with van der Waals surface area (Å²) in [4.78, 5) is 4.20. The summed E-state index contributed by atoms with van der Waals surface area (Å²) < 4.78 is 15.4. The molecule has 3 rings (SSSR count). The van der Waals surface area contributed by atoms with Gasteiger partial charge in [0.2, 0.25) is 5.95 Å². The topological polar surface area (TPSA) is 43.8 Å². The summed E-state index contributed by atoms with van der Waals surface area (Å²) >= 11 is 5.87. The summed E-state index contributed by atoms with van der Waals surface area (Å²) in [5.74, 6) is 0.105. The molecule has 0 radical (unpaired) electrons. The van der Waals surface area contributed by atoms with Crippen molar-refractivity contribution < 1.29 is 4.39 Å². The number of aryl methyl sites for hydroxylation is 1. The van der Waals surface area contributed by atoms with E-state index < -0.39 is 0 Å². The van der Waals surface area contributed by atoms with Gasteiger partial charge in [-0.15, -0.1) is 0 Å². The van der Waals surface area contributed by atoms with E-state index >= 15 is 0 Å². The lowest BCUT2D eigenvalue weighted by Crippen LogP contribution is -2.04. The minimum Gasteiger partial charge on any atom is -0.369 e. The molecule has 0 saturated carbocycles. The van der Waals surface area contributed by atoms with Gasteiger partial charge in [-0.2, -0.15) is 0 Å².